The van der Waals surface area contributed by atoms with E-state index in [-0.39, 0.29) is 12.1 Å². The number of nitrogen functional groups attached to an aromatic ring is 1. The number of allylic oxidation sites excluding steroid dienone is 1. The van der Waals surface area contributed by atoms with Crippen LogP contribution in [0.4, 0.5) is 5.82 Å². The second-order valence-corrected chi connectivity index (χ2v) is 7.39. The van der Waals surface area contributed by atoms with Crippen LogP contribution in [-0.2, 0) is 20.0 Å². The number of nitrogens with zero attached hydrogens (tertiary/aromatic N) is 5. The number of anilines is 1. The van der Waals surface area contributed by atoms with Crippen LogP contribution in [0.1, 0.15) is 10.7 Å². The fourth-order valence-electron chi connectivity index (χ4n) is 3.09. The SMILES string of the molecule is Cn1c2nc(C/C(N)=C/NN)sc2c2cnn(Cc3cccc(N)n3)c(=O)c21. The van der Waals surface area contributed by atoms with Crippen molar-refractivity contribution in [2.24, 2.45) is 18.6 Å². The van der Waals surface area contributed by atoms with Gasteiger partial charge in [-0.15, -0.1) is 11.3 Å². The maximum Gasteiger partial charge on any atom is 0.291 e. The summed E-state index contributed by atoms with van der Waals surface area (Å²) in [6, 6.07) is 5.30. The molecule has 0 aliphatic rings. The highest BCUT2D eigenvalue weighted by molar-refractivity contribution is 7.19. The smallest absolute Gasteiger partial charge is 0.291 e. The van der Waals surface area contributed by atoms with Crippen LogP contribution in [0.15, 0.2) is 41.1 Å². The first kappa shape index (κ1) is 17.9. The van der Waals surface area contributed by atoms with Gasteiger partial charge in [0.2, 0.25) is 0 Å². The highest BCUT2D eigenvalue weighted by Gasteiger charge is 2.18. The molecule has 4 aromatic rings. The molecular formula is C17H19N9OS. The molecule has 7 N–H and O–H groups in total. The second-order valence-electron chi connectivity index (χ2n) is 6.31. The van der Waals surface area contributed by atoms with Gasteiger partial charge in [0.25, 0.3) is 5.56 Å². The van der Waals surface area contributed by atoms with E-state index < -0.39 is 0 Å². The summed E-state index contributed by atoms with van der Waals surface area (Å²) in [6.45, 7) is 0.241. The number of pyridine rings is 1. The molecule has 0 aliphatic heterocycles. The van der Waals surface area contributed by atoms with Crippen LogP contribution in [0.3, 0.4) is 0 Å². The molecule has 0 aliphatic carbocycles. The molecule has 0 saturated carbocycles. The van der Waals surface area contributed by atoms with Crippen molar-refractivity contribution in [2.75, 3.05) is 5.73 Å². The number of hydrogen-bond acceptors (Lipinski definition) is 9. The van der Waals surface area contributed by atoms with Crippen LogP contribution >= 0.6 is 11.3 Å². The molecule has 11 heteroatoms. The molecule has 0 atom stereocenters. The normalized spacial score (nSPS) is 12.1. The van der Waals surface area contributed by atoms with E-state index >= 15 is 0 Å². The summed E-state index contributed by atoms with van der Waals surface area (Å²) in [6.07, 6.45) is 3.68. The zero-order valence-electron chi connectivity index (χ0n) is 15.1. The molecular weight excluding hydrogens is 378 g/mol. The summed E-state index contributed by atoms with van der Waals surface area (Å²) in [5.41, 5.74) is 16.3. The monoisotopic (exact) mass is 397 g/mol. The van der Waals surface area contributed by atoms with Crippen LogP contribution in [0, 0.1) is 0 Å². The maximum atomic E-state index is 13.0. The second kappa shape index (κ2) is 6.94. The van der Waals surface area contributed by atoms with Crippen LogP contribution in [0.2, 0.25) is 0 Å². The van der Waals surface area contributed by atoms with E-state index in [1.165, 1.54) is 22.2 Å². The molecule has 0 spiro atoms. The first-order valence-corrected chi connectivity index (χ1v) is 9.25. The largest absolute Gasteiger partial charge is 0.400 e. The first-order chi connectivity index (χ1) is 13.5. The van der Waals surface area contributed by atoms with Crippen molar-refractivity contribution in [1.29, 1.82) is 0 Å². The Balaban J connectivity index is 1.77. The molecule has 28 heavy (non-hydrogen) atoms. The topological polar surface area (TPSA) is 156 Å². The Bertz CT molecular complexity index is 1270. The lowest BCUT2D eigenvalue weighted by Gasteiger charge is -2.05. The fraction of sp³-hybridized carbons (Fsp3) is 0.176. The van der Waals surface area contributed by atoms with Crippen molar-refractivity contribution in [2.45, 2.75) is 13.0 Å². The Hall–Kier alpha value is -3.44. The lowest BCUT2D eigenvalue weighted by Crippen LogP contribution is -2.25. The molecule has 10 nitrogen and oxygen atoms in total. The van der Waals surface area contributed by atoms with E-state index in [2.05, 4.69) is 20.5 Å². The standard InChI is InChI=1S/C17H19N9OS/c1-25-14-11(15-16(25)24-13(28-15)5-9(18)6-21-20)7-22-26(17(14)27)8-10-3-2-4-12(19)23-10/h2-4,6-7,21H,5,8,18,20H2,1H3,(H2,19,23)/b9-6-. The molecule has 0 unspecified atom stereocenters. The van der Waals surface area contributed by atoms with Gasteiger partial charge in [-0.3, -0.25) is 10.6 Å². The molecule has 0 aromatic carbocycles. The highest BCUT2D eigenvalue weighted by atomic mass is 32.1. The van der Waals surface area contributed by atoms with E-state index in [0.29, 0.717) is 29.1 Å². The van der Waals surface area contributed by atoms with E-state index in [9.17, 15) is 4.79 Å². The van der Waals surface area contributed by atoms with Gasteiger partial charge in [-0.1, -0.05) is 6.07 Å². The van der Waals surface area contributed by atoms with Crippen molar-refractivity contribution >= 4 is 38.4 Å². The summed E-state index contributed by atoms with van der Waals surface area (Å²) in [4.78, 5) is 21.9. The van der Waals surface area contributed by atoms with E-state index in [1.807, 2.05) is 7.05 Å². The minimum absolute atomic E-state index is 0.206. The van der Waals surface area contributed by atoms with Crippen LogP contribution in [0.25, 0.3) is 21.3 Å². The van der Waals surface area contributed by atoms with Gasteiger partial charge in [-0.25, -0.2) is 14.6 Å². The molecule has 4 heterocycles. The van der Waals surface area contributed by atoms with Crippen LogP contribution in [0.5, 0.6) is 0 Å². The Morgan fingerprint density at radius 1 is 1.36 bits per heavy atom. The van der Waals surface area contributed by atoms with Crippen molar-refractivity contribution in [3.05, 3.63) is 57.3 Å². The van der Waals surface area contributed by atoms with Gasteiger partial charge in [0.05, 0.1) is 23.1 Å². The van der Waals surface area contributed by atoms with E-state index in [1.54, 1.807) is 29.0 Å². The molecule has 4 rings (SSSR count). The quantitative estimate of drug-likeness (QED) is 0.274. The van der Waals surface area contributed by atoms with Crippen molar-refractivity contribution < 1.29 is 0 Å². The molecule has 4 aromatic heterocycles. The Morgan fingerprint density at radius 2 is 2.18 bits per heavy atom. The van der Waals surface area contributed by atoms with Gasteiger partial charge < -0.3 is 21.5 Å². The minimum Gasteiger partial charge on any atom is -0.400 e. The number of nitrogens with one attached hydrogen (secondary N) is 1. The molecule has 0 amide bonds. The third-order valence-electron chi connectivity index (χ3n) is 4.33. The summed E-state index contributed by atoms with van der Waals surface area (Å²) in [5, 5.41) is 5.92. The van der Waals surface area contributed by atoms with Crippen molar-refractivity contribution in [3.63, 3.8) is 0 Å². The fourth-order valence-corrected chi connectivity index (χ4v) is 4.23. The van der Waals surface area contributed by atoms with Gasteiger partial charge >= 0.3 is 0 Å². The maximum absolute atomic E-state index is 13.0. The molecule has 0 radical (unpaired) electrons. The van der Waals surface area contributed by atoms with Gasteiger partial charge in [0, 0.05) is 30.8 Å². The number of rotatable bonds is 5. The third-order valence-corrected chi connectivity index (χ3v) is 5.41. The summed E-state index contributed by atoms with van der Waals surface area (Å²) in [5.74, 6) is 5.65. The third kappa shape index (κ3) is 3.06. The summed E-state index contributed by atoms with van der Waals surface area (Å²) in [7, 11) is 1.82. The van der Waals surface area contributed by atoms with Gasteiger partial charge in [-0.05, 0) is 12.1 Å². The first-order valence-electron chi connectivity index (χ1n) is 8.44. The average Bonchev–Trinajstić information content (AvgIpc) is 3.16. The van der Waals surface area contributed by atoms with Crippen LogP contribution in [-0.4, -0.2) is 24.3 Å². The summed E-state index contributed by atoms with van der Waals surface area (Å²) < 4.78 is 4.07. The Labute approximate surface area is 163 Å². The molecule has 0 bridgehead atoms. The number of fused-ring (bicyclic) bond motifs is 3. The van der Waals surface area contributed by atoms with Gasteiger partial charge in [0.15, 0.2) is 5.65 Å². The Kier molecular flexibility index (Phi) is 4.45. The highest BCUT2D eigenvalue weighted by Crippen LogP contribution is 2.31. The molecule has 0 saturated heterocycles. The minimum atomic E-state index is -0.206. The van der Waals surface area contributed by atoms with Gasteiger partial charge in [0.1, 0.15) is 16.3 Å². The molecule has 0 fully saturated rings. The summed E-state index contributed by atoms with van der Waals surface area (Å²) >= 11 is 1.48. The van der Waals surface area contributed by atoms with Gasteiger partial charge in [-0.2, -0.15) is 5.10 Å². The number of nitrogens with two attached hydrogens (primary N) is 3. The van der Waals surface area contributed by atoms with E-state index in [0.717, 1.165) is 20.7 Å². The number of thiazole rings is 1. The lowest BCUT2D eigenvalue weighted by molar-refractivity contribution is 0.633. The van der Waals surface area contributed by atoms with E-state index in [4.69, 9.17) is 17.3 Å². The average molecular weight is 397 g/mol. The molecule has 144 valence electrons. The predicted molar refractivity (Wildman–Crippen MR) is 109 cm³/mol. The van der Waals surface area contributed by atoms with Crippen LogP contribution < -0.4 is 28.3 Å². The van der Waals surface area contributed by atoms with Crippen molar-refractivity contribution in [3.8, 4) is 0 Å². The predicted octanol–water partition coefficient (Wildman–Crippen LogP) is 0.176. The zero-order chi connectivity index (χ0) is 19.8. The number of aromatic nitrogens is 5. The zero-order valence-corrected chi connectivity index (χ0v) is 15.9. The number of hydrazine groups is 1. The Morgan fingerprint density at radius 3 is 2.93 bits per heavy atom. The lowest BCUT2D eigenvalue weighted by atomic mass is 10.3. The van der Waals surface area contributed by atoms with Crippen molar-refractivity contribution in [1.82, 2.24) is 29.7 Å². The number of hydrogen-bond donors (Lipinski definition) is 4. The number of aryl methyl sites for hydroxylation is 1.